The van der Waals surface area contributed by atoms with Gasteiger partial charge in [-0.05, 0) is 84.5 Å². The zero-order valence-electron chi connectivity index (χ0n) is 21.9. The lowest BCUT2D eigenvalue weighted by Crippen LogP contribution is -2.25. The summed E-state index contributed by atoms with van der Waals surface area (Å²) in [7, 11) is 0. The number of nitriles is 1. The molecule has 1 aliphatic rings. The molecule has 1 aromatic heterocycles. The minimum atomic E-state index is -4.77. The summed E-state index contributed by atoms with van der Waals surface area (Å²) in [4.78, 5) is 0. The molecule has 1 heterocycles. The summed E-state index contributed by atoms with van der Waals surface area (Å²) in [6.07, 6.45) is -4.29. The number of nitrogens with two attached hydrogens (primary N) is 1. The topological polar surface area (TPSA) is 112 Å². The van der Waals surface area contributed by atoms with Crippen molar-refractivity contribution in [1.29, 1.82) is 5.26 Å². The fraction of sp³-hybridized carbons (Fsp3) is 0.267. The van der Waals surface area contributed by atoms with Crippen LogP contribution < -0.4 is 16.4 Å². The summed E-state index contributed by atoms with van der Waals surface area (Å²) in [5, 5.41) is 30.2. The van der Waals surface area contributed by atoms with Crippen molar-refractivity contribution in [2.75, 3.05) is 11.9 Å². The Balaban J connectivity index is 1.49. The maximum absolute atomic E-state index is 15.0. The molecule has 1 fully saturated rings. The van der Waals surface area contributed by atoms with Gasteiger partial charge >= 0.3 is 6.18 Å². The molecule has 1 unspecified atom stereocenters. The van der Waals surface area contributed by atoms with Crippen LogP contribution in [0.2, 0.25) is 0 Å². The number of nitrogens with zero attached hydrogens (tertiary/aromatic N) is 3. The van der Waals surface area contributed by atoms with Crippen LogP contribution in [0.25, 0.3) is 5.69 Å². The summed E-state index contributed by atoms with van der Waals surface area (Å²) in [6.45, 7) is 0.883. The summed E-state index contributed by atoms with van der Waals surface area (Å²) in [5.74, 6) is -0.163. The molecule has 0 radical (unpaired) electrons. The van der Waals surface area contributed by atoms with Crippen molar-refractivity contribution >= 4 is 5.69 Å². The van der Waals surface area contributed by atoms with Crippen molar-refractivity contribution in [2.24, 2.45) is 11.7 Å². The first-order valence-corrected chi connectivity index (χ1v) is 13.1. The van der Waals surface area contributed by atoms with Crippen molar-refractivity contribution < 1.29 is 22.7 Å². The molecule has 0 bridgehead atoms. The number of nitrogens with one attached hydrogen (secondary N) is 2. The lowest BCUT2D eigenvalue weighted by molar-refractivity contribution is -0.141. The Morgan fingerprint density at radius 2 is 1.80 bits per heavy atom. The number of halogens is 4. The number of aromatic nitrogens is 2. The first-order valence-electron chi connectivity index (χ1n) is 13.1. The second-order valence-corrected chi connectivity index (χ2v) is 10.0. The second-order valence-electron chi connectivity index (χ2n) is 10.0. The van der Waals surface area contributed by atoms with E-state index < -0.39 is 23.9 Å². The van der Waals surface area contributed by atoms with E-state index in [-0.39, 0.29) is 29.7 Å². The number of benzene rings is 3. The van der Waals surface area contributed by atoms with Gasteiger partial charge in [0.2, 0.25) is 0 Å². The van der Waals surface area contributed by atoms with Crippen molar-refractivity contribution in [3.8, 4) is 11.8 Å². The molecule has 7 nitrogen and oxygen atoms in total. The summed E-state index contributed by atoms with van der Waals surface area (Å²) in [6, 6.07) is 20.3. The number of rotatable bonds is 10. The Morgan fingerprint density at radius 1 is 1.05 bits per heavy atom. The molecule has 0 saturated heterocycles. The van der Waals surface area contributed by atoms with Crippen LogP contribution in [0.4, 0.5) is 23.2 Å². The van der Waals surface area contributed by atoms with E-state index in [9.17, 15) is 23.5 Å². The number of aliphatic hydroxyl groups is 1. The minimum Gasteiger partial charge on any atom is -0.368 e. The Kier molecular flexibility index (Phi) is 8.08. The maximum Gasteiger partial charge on any atom is 0.435 e. The SMILES string of the molecule is N#Cc1cccc([C@@H](NCC2CC2)c2ccc(F)c(NC(O)c3cc(C(F)(F)F)nn3-c3cccc(CN)c3)c2)c1. The first kappa shape index (κ1) is 28.3. The smallest absolute Gasteiger partial charge is 0.368 e. The van der Waals surface area contributed by atoms with Crippen molar-refractivity contribution in [3.05, 3.63) is 112 Å². The second kappa shape index (κ2) is 11.7. The maximum atomic E-state index is 15.0. The lowest BCUT2D eigenvalue weighted by atomic mass is 9.96. The van der Waals surface area contributed by atoms with E-state index in [2.05, 4.69) is 21.8 Å². The molecule has 1 saturated carbocycles. The number of alkyl halides is 3. The highest BCUT2D eigenvalue weighted by atomic mass is 19.4. The Bertz CT molecular complexity index is 1570. The normalized spacial score (nSPS) is 14.9. The zero-order valence-corrected chi connectivity index (χ0v) is 21.9. The molecule has 3 aromatic carbocycles. The van der Waals surface area contributed by atoms with Gasteiger partial charge < -0.3 is 21.5 Å². The highest BCUT2D eigenvalue weighted by Crippen LogP contribution is 2.34. The fourth-order valence-electron chi connectivity index (χ4n) is 4.63. The van der Waals surface area contributed by atoms with Crippen LogP contribution in [0.15, 0.2) is 72.8 Å². The van der Waals surface area contributed by atoms with E-state index in [1.807, 2.05) is 6.07 Å². The van der Waals surface area contributed by atoms with E-state index >= 15 is 4.39 Å². The van der Waals surface area contributed by atoms with Gasteiger partial charge in [0.15, 0.2) is 11.9 Å². The van der Waals surface area contributed by atoms with E-state index in [4.69, 9.17) is 5.73 Å². The molecule has 1 aliphatic carbocycles. The van der Waals surface area contributed by atoms with Gasteiger partial charge in [-0.15, -0.1) is 0 Å². The number of anilines is 1. The largest absolute Gasteiger partial charge is 0.435 e. The van der Waals surface area contributed by atoms with Crippen molar-refractivity contribution in [1.82, 2.24) is 15.1 Å². The zero-order chi connectivity index (χ0) is 29.1. The van der Waals surface area contributed by atoms with Gasteiger partial charge in [0.1, 0.15) is 5.82 Å². The standard InChI is InChI=1S/C30H28F4N6O/c31-24-10-9-22(28(37-17-18-7-8-18)21-5-1-3-19(11-21)15-35)13-25(24)38-29(41)26-14-27(30(32,33)34)39-40(26)23-6-2-4-20(12-23)16-36/h1-6,9-14,18,28-29,37-38,41H,7-8,16-17,36H2/t28-,29?/m1/s1. The highest BCUT2D eigenvalue weighted by molar-refractivity contribution is 5.51. The predicted molar refractivity (Wildman–Crippen MR) is 145 cm³/mol. The van der Waals surface area contributed by atoms with Crippen LogP contribution in [-0.2, 0) is 12.7 Å². The molecular weight excluding hydrogens is 536 g/mol. The average molecular weight is 565 g/mol. The summed E-state index contributed by atoms with van der Waals surface area (Å²) >= 11 is 0. The van der Waals surface area contributed by atoms with Crippen molar-refractivity contribution in [2.45, 2.75) is 37.8 Å². The van der Waals surface area contributed by atoms with Crippen LogP contribution in [0, 0.1) is 23.1 Å². The van der Waals surface area contributed by atoms with E-state index in [1.165, 1.54) is 18.2 Å². The molecule has 5 N–H and O–H groups in total. The van der Waals surface area contributed by atoms with Gasteiger partial charge in [-0.3, -0.25) is 0 Å². The van der Waals surface area contributed by atoms with Gasteiger partial charge in [-0.25, -0.2) is 9.07 Å². The number of hydrogen-bond acceptors (Lipinski definition) is 6. The fourth-order valence-corrected chi connectivity index (χ4v) is 4.63. The molecule has 4 aromatic rings. The Hall–Kier alpha value is -4.24. The molecular formula is C30H28F4N6O. The van der Waals surface area contributed by atoms with E-state index in [1.54, 1.807) is 42.5 Å². The molecule has 11 heteroatoms. The van der Waals surface area contributed by atoms with Crippen molar-refractivity contribution in [3.63, 3.8) is 0 Å². The van der Waals surface area contributed by atoms with E-state index in [0.29, 0.717) is 22.6 Å². The summed E-state index contributed by atoms with van der Waals surface area (Å²) < 4.78 is 56.8. The van der Waals surface area contributed by atoms with Crippen LogP contribution in [0.1, 0.15) is 58.8 Å². The van der Waals surface area contributed by atoms with Gasteiger partial charge in [0, 0.05) is 6.54 Å². The van der Waals surface area contributed by atoms with Crippen LogP contribution in [0.5, 0.6) is 0 Å². The third-order valence-corrected chi connectivity index (χ3v) is 6.97. The highest BCUT2D eigenvalue weighted by Gasteiger charge is 2.36. The third kappa shape index (κ3) is 6.57. The molecule has 0 aliphatic heterocycles. The average Bonchev–Trinajstić information content (AvgIpc) is 3.68. The van der Waals surface area contributed by atoms with Crippen LogP contribution in [-0.4, -0.2) is 21.4 Å². The molecule has 5 rings (SSSR count). The van der Waals surface area contributed by atoms with Gasteiger partial charge in [-0.1, -0.05) is 30.3 Å². The molecule has 0 spiro atoms. The molecule has 0 amide bonds. The Labute approximate surface area is 234 Å². The monoisotopic (exact) mass is 564 g/mol. The first-order chi connectivity index (χ1) is 19.7. The van der Waals surface area contributed by atoms with Crippen LogP contribution in [0.3, 0.4) is 0 Å². The van der Waals surface area contributed by atoms with Gasteiger partial charge in [0.25, 0.3) is 0 Å². The third-order valence-electron chi connectivity index (χ3n) is 6.97. The summed E-state index contributed by atoms with van der Waals surface area (Å²) in [5.41, 5.74) is 6.98. The van der Waals surface area contributed by atoms with Crippen LogP contribution >= 0.6 is 0 Å². The Morgan fingerprint density at radius 3 is 2.51 bits per heavy atom. The number of aliphatic hydroxyl groups excluding tert-OH is 1. The lowest BCUT2D eigenvalue weighted by Gasteiger charge is -2.22. The van der Waals surface area contributed by atoms with Gasteiger partial charge in [0.05, 0.1) is 34.7 Å². The van der Waals surface area contributed by atoms with E-state index in [0.717, 1.165) is 35.7 Å². The van der Waals surface area contributed by atoms with Gasteiger partial charge in [-0.2, -0.15) is 23.5 Å². The number of hydrogen-bond donors (Lipinski definition) is 4. The molecule has 41 heavy (non-hydrogen) atoms. The predicted octanol–water partition coefficient (Wildman–Crippen LogP) is 5.55. The minimum absolute atomic E-state index is 0.110. The molecule has 2 atom stereocenters. The quantitative estimate of drug-likeness (QED) is 0.148. The molecule has 212 valence electrons.